The number of aromatic nitrogens is 3. The minimum absolute atomic E-state index is 0.0626. The Bertz CT molecular complexity index is 259. The van der Waals surface area contributed by atoms with Gasteiger partial charge in [0.1, 0.15) is 5.69 Å². The highest BCUT2D eigenvalue weighted by Crippen LogP contribution is 2.25. The maximum Gasteiger partial charge on any atom is 0.152 e. The molecule has 0 spiro atoms. The molecule has 0 saturated heterocycles. The van der Waals surface area contributed by atoms with Crippen LogP contribution in [0.1, 0.15) is 26.5 Å². The van der Waals surface area contributed by atoms with Crippen LogP contribution < -0.4 is 0 Å². The molecule has 0 radical (unpaired) electrons. The second kappa shape index (κ2) is 2.59. The molecule has 1 rings (SSSR count). The molecule has 1 heterocycles. The summed E-state index contributed by atoms with van der Waals surface area (Å²) in [7, 11) is 1.82. The van der Waals surface area contributed by atoms with Crippen LogP contribution in [0.2, 0.25) is 0 Å². The molecule has 4 heteroatoms. The normalized spacial score (nSPS) is 12.1. The molecule has 0 amide bonds. The molecule has 0 unspecified atom stereocenters. The summed E-state index contributed by atoms with van der Waals surface area (Å²) in [4.78, 5) is 1.57. The third-order valence-electron chi connectivity index (χ3n) is 1.38. The largest absolute Gasteiger partial charge is 0.187 e. The van der Waals surface area contributed by atoms with E-state index in [4.69, 9.17) is 0 Å². The number of hydrogen-bond donors (Lipinski definition) is 0. The van der Waals surface area contributed by atoms with E-state index >= 15 is 0 Å². The summed E-state index contributed by atoms with van der Waals surface area (Å²) in [6.07, 6.45) is 0. The average molecular weight is 218 g/mol. The Hall–Kier alpha value is -0.380. The van der Waals surface area contributed by atoms with Gasteiger partial charge in [-0.15, -0.1) is 5.10 Å². The zero-order chi connectivity index (χ0) is 8.65. The molecule has 0 bridgehead atoms. The summed E-state index contributed by atoms with van der Waals surface area (Å²) in [6, 6.07) is 0. The quantitative estimate of drug-likeness (QED) is 0.665. The lowest BCUT2D eigenvalue weighted by Gasteiger charge is -2.13. The van der Waals surface area contributed by atoms with E-state index in [1.54, 1.807) is 4.80 Å². The van der Waals surface area contributed by atoms with Crippen LogP contribution in [0.4, 0.5) is 0 Å². The van der Waals surface area contributed by atoms with Crippen LogP contribution in [0.5, 0.6) is 0 Å². The molecule has 11 heavy (non-hydrogen) atoms. The first kappa shape index (κ1) is 8.71. The van der Waals surface area contributed by atoms with Crippen molar-refractivity contribution < 1.29 is 0 Å². The Kier molecular flexibility index (Phi) is 2.05. The smallest absolute Gasteiger partial charge is 0.152 e. The number of nitrogens with zero attached hydrogens (tertiary/aromatic N) is 3. The molecule has 1 aromatic heterocycles. The van der Waals surface area contributed by atoms with Gasteiger partial charge in [0.2, 0.25) is 0 Å². The SMILES string of the molecule is Cn1nc(Br)c(C(C)(C)C)n1. The fourth-order valence-corrected chi connectivity index (χ4v) is 1.75. The lowest BCUT2D eigenvalue weighted by Crippen LogP contribution is -2.13. The minimum atomic E-state index is 0.0626. The summed E-state index contributed by atoms with van der Waals surface area (Å²) in [6.45, 7) is 6.34. The van der Waals surface area contributed by atoms with Crippen LogP contribution in [0.3, 0.4) is 0 Å². The lowest BCUT2D eigenvalue weighted by atomic mass is 9.93. The molecule has 0 saturated carbocycles. The van der Waals surface area contributed by atoms with Crippen LogP contribution in [0.25, 0.3) is 0 Å². The second-order valence-corrected chi connectivity index (χ2v) is 4.33. The Labute approximate surface area is 74.9 Å². The summed E-state index contributed by atoms with van der Waals surface area (Å²) in [5.41, 5.74) is 1.06. The summed E-state index contributed by atoms with van der Waals surface area (Å²) < 4.78 is 0.840. The van der Waals surface area contributed by atoms with Crippen molar-refractivity contribution in [1.29, 1.82) is 0 Å². The van der Waals surface area contributed by atoms with E-state index in [1.165, 1.54) is 0 Å². The zero-order valence-corrected chi connectivity index (χ0v) is 8.81. The minimum Gasteiger partial charge on any atom is -0.187 e. The molecule has 1 aromatic rings. The molecule has 0 aliphatic carbocycles. The molecule has 0 aliphatic heterocycles. The van der Waals surface area contributed by atoms with Crippen LogP contribution >= 0.6 is 15.9 Å². The van der Waals surface area contributed by atoms with Crippen molar-refractivity contribution in [2.45, 2.75) is 26.2 Å². The first-order valence-electron chi connectivity index (χ1n) is 3.48. The van der Waals surface area contributed by atoms with Gasteiger partial charge in [0.05, 0.1) is 0 Å². The topological polar surface area (TPSA) is 30.7 Å². The van der Waals surface area contributed by atoms with E-state index in [2.05, 4.69) is 46.9 Å². The highest BCUT2D eigenvalue weighted by atomic mass is 79.9. The molecule has 0 aliphatic rings. The first-order valence-corrected chi connectivity index (χ1v) is 4.28. The van der Waals surface area contributed by atoms with E-state index in [1.807, 2.05) is 7.05 Å². The average Bonchev–Trinajstić information content (AvgIpc) is 2.08. The monoisotopic (exact) mass is 217 g/mol. The van der Waals surface area contributed by atoms with Crippen LogP contribution in [-0.4, -0.2) is 15.0 Å². The molecule has 0 atom stereocenters. The predicted molar refractivity (Wildman–Crippen MR) is 47.4 cm³/mol. The van der Waals surface area contributed by atoms with Crippen molar-refractivity contribution >= 4 is 15.9 Å². The summed E-state index contributed by atoms with van der Waals surface area (Å²) in [5, 5.41) is 8.34. The van der Waals surface area contributed by atoms with Gasteiger partial charge in [-0.3, -0.25) is 0 Å². The van der Waals surface area contributed by atoms with Gasteiger partial charge in [-0.25, -0.2) is 0 Å². The van der Waals surface area contributed by atoms with Gasteiger partial charge in [0.15, 0.2) is 4.60 Å². The molecule has 0 N–H and O–H groups in total. The van der Waals surface area contributed by atoms with Gasteiger partial charge >= 0.3 is 0 Å². The Morgan fingerprint density at radius 2 is 1.82 bits per heavy atom. The van der Waals surface area contributed by atoms with E-state index in [-0.39, 0.29) is 5.41 Å². The second-order valence-electron chi connectivity index (χ2n) is 3.58. The molecule has 0 aromatic carbocycles. The van der Waals surface area contributed by atoms with E-state index in [0.717, 1.165) is 10.3 Å². The standard InChI is InChI=1S/C7H12BrN3/c1-7(2,3)5-6(8)10-11(4)9-5/h1-4H3. The first-order chi connectivity index (χ1) is 4.91. The van der Waals surface area contributed by atoms with E-state index < -0.39 is 0 Å². The zero-order valence-electron chi connectivity index (χ0n) is 7.22. The van der Waals surface area contributed by atoms with Crippen molar-refractivity contribution in [3.05, 3.63) is 10.3 Å². The summed E-state index contributed by atoms with van der Waals surface area (Å²) >= 11 is 3.36. The fourth-order valence-electron chi connectivity index (χ4n) is 0.842. The van der Waals surface area contributed by atoms with E-state index in [9.17, 15) is 0 Å². The Morgan fingerprint density at radius 3 is 2.00 bits per heavy atom. The third kappa shape index (κ3) is 1.80. The van der Waals surface area contributed by atoms with Gasteiger partial charge in [-0.05, 0) is 15.9 Å². The van der Waals surface area contributed by atoms with Crippen molar-refractivity contribution in [3.8, 4) is 0 Å². The van der Waals surface area contributed by atoms with Crippen LogP contribution in [-0.2, 0) is 12.5 Å². The highest BCUT2D eigenvalue weighted by molar-refractivity contribution is 9.10. The van der Waals surface area contributed by atoms with Crippen molar-refractivity contribution in [3.63, 3.8) is 0 Å². The number of hydrogen-bond acceptors (Lipinski definition) is 2. The number of rotatable bonds is 0. The Balaban J connectivity index is 3.13. The van der Waals surface area contributed by atoms with Gasteiger partial charge in [-0.2, -0.15) is 9.90 Å². The maximum atomic E-state index is 4.24. The Morgan fingerprint density at radius 1 is 1.27 bits per heavy atom. The van der Waals surface area contributed by atoms with Gasteiger partial charge in [0.25, 0.3) is 0 Å². The molecule has 3 nitrogen and oxygen atoms in total. The van der Waals surface area contributed by atoms with Gasteiger partial charge in [-0.1, -0.05) is 20.8 Å². The third-order valence-corrected chi connectivity index (χ3v) is 1.92. The molecular formula is C7H12BrN3. The molecule has 62 valence electrons. The highest BCUT2D eigenvalue weighted by Gasteiger charge is 2.21. The van der Waals surface area contributed by atoms with Crippen molar-refractivity contribution in [2.24, 2.45) is 7.05 Å². The maximum absolute atomic E-state index is 4.24. The fraction of sp³-hybridized carbons (Fsp3) is 0.714. The van der Waals surface area contributed by atoms with Gasteiger partial charge < -0.3 is 0 Å². The molecule has 0 fully saturated rings. The predicted octanol–water partition coefficient (Wildman–Crippen LogP) is 1.88. The lowest BCUT2D eigenvalue weighted by molar-refractivity contribution is 0.545. The van der Waals surface area contributed by atoms with Crippen LogP contribution in [0.15, 0.2) is 4.60 Å². The van der Waals surface area contributed by atoms with Crippen molar-refractivity contribution in [1.82, 2.24) is 15.0 Å². The van der Waals surface area contributed by atoms with Crippen LogP contribution in [0, 0.1) is 0 Å². The van der Waals surface area contributed by atoms with Crippen molar-refractivity contribution in [2.75, 3.05) is 0 Å². The molecular weight excluding hydrogens is 206 g/mol. The summed E-state index contributed by atoms with van der Waals surface area (Å²) in [5.74, 6) is 0. The van der Waals surface area contributed by atoms with Gasteiger partial charge in [0, 0.05) is 12.5 Å². The number of aryl methyl sites for hydroxylation is 1. The van der Waals surface area contributed by atoms with E-state index in [0.29, 0.717) is 0 Å². The number of halogens is 1.